The minimum absolute atomic E-state index is 0.253. The zero-order chi connectivity index (χ0) is 22.6. The van der Waals surface area contributed by atoms with Gasteiger partial charge in [-0.2, -0.15) is 0 Å². The molecule has 0 spiro atoms. The molecule has 1 atom stereocenters. The van der Waals surface area contributed by atoms with Crippen molar-refractivity contribution < 1.29 is 8.42 Å². The molecule has 0 aliphatic heterocycles. The second-order valence-corrected chi connectivity index (χ2v) is 9.38. The van der Waals surface area contributed by atoms with Crippen LogP contribution in [-0.2, 0) is 10.0 Å². The monoisotopic (exact) mass is 439 g/mol. The van der Waals surface area contributed by atoms with Crippen LogP contribution in [-0.4, -0.2) is 64.6 Å². The lowest BCUT2D eigenvalue weighted by Gasteiger charge is -2.21. The summed E-state index contributed by atoms with van der Waals surface area (Å²) < 4.78 is 27.8. The van der Waals surface area contributed by atoms with E-state index in [4.69, 9.17) is 0 Å². The number of aryl methyl sites for hydroxylation is 2. The van der Waals surface area contributed by atoms with Gasteiger partial charge in [-0.1, -0.05) is 26.0 Å². The van der Waals surface area contributed by atoms with Gasteiger partial charge < -0.3 is 15.5 Å². The molecule has 0 radical (unpaired) electrons. The molecule has 8 heteroatoms. The first kappa shape index (κ1) is 26.4. The van der Waals surface area contributed by atoms with E-state index in [0.717, 1.165) is 56.1 Å². The third-order valence-electron chi connectivity index (χ3n) is 5.04. The highest BCUT2D eigenvalue weighted by atomic mass is 32.2. The van der Waals surface area contributed by atoms with Crippen LogP contribution in [0.4, 0.5) is 0 Å². The fraction of sp³-hybridized carbons (Fsp3) is 0.682. The van der Waals surface area contributed by atoms with E-state index in [-0.39, 0.29) is 6.54 Å². The SMILES string of the molecule is CCNC(=NCCNS(=O)(=O)c1cc(C)ccc1C)NC(C)CCCN(CC)CC. The lowest BCUT2D eigenvalue weighted by molar-refractivity contribution is 0.292. The fourth-order valence-corrected chi connectivity index (χ4v) is 4.56. The van der Waals surface area contributed by atoms with Crippen molar-refractivity contribution >= 4 is 16.0 Å². The summed E-state index contributed by atoms with van der Waals surface area (Å²) in [6, 6.07) is 5.74. The van der Waals surface area contributed by atoms with Crippen molar-refractivity contribution in [3.63, 3.8) is 0 Å². The molecule has 1 aromatic rings. The lowest BCUT2D eigenvalue weighted by Crippen LogP contribution is -2.43. The molecule has 0 amide bonds. The van der Waals surface area contributed by atoms with Crippen LogP contribution in [0.3, 0.4) is 0 Å². The van der Waals surface area contributed by atoms with E-state index in [0.29, 0.717) is 17.5 Å². The van der Waals surface area contributed by atoms with E-state index in [2.05, 4.69) is 46.0 Å². The Kier molecular flexibility index (Phi) is 12.0. The van der Waals surface area contributed by atoms with Crippen LogP contribution in [0.5, 0.6) is 0 Å². The number of nitrogens with zero attached hydrogens (tertiary/aromatic N) is 2. The standard InChI is InChI=1S/C22H41N5O2S/c1-7-23-22(26-20(6)11-10-16-27(8-2)9-3)24-14-15-25-30(28,29)21-17-18(4)12-13-19(21)5/h12-13,17,20,25H,7-11,14-16H2,1-6H3,(H2,23,24,26). The van der Waals surface area contributed by atoms with E-state index in [1.54, 1.807) is 13.0 Å². The quantitative estimate of drug-likeness (QED) is 0.250. The molecule has 1 unspecified atom stereocenters. The van der Waals surface area contributed by atoms with Gasteiger partial charge in [-0.25, -0.2) is 13.1 Å². The predicted molar refractivity (Wildman–Crippen MR) is 127 cm³/mol. The Morgan fingerprint density at radius 1 is 1.17 bits per heavy atom. The number of nitrogens with one attached hydrogen (secondary N) is 3. The molecule has 0 fully saturated rings. The van der Waals surface area contributed by atoms with Gasteiger partial charge in [0.05, 0.1) is 11.4 Å². The molecule has 172 valence electrons. The Bertz CT molecular complexity index is 761. The molecular weight excluding hydrogens is 398 g/mol. The summed E-state index contributed by atoms with van der Waals surface area (Å²) in [5.74, 6) is 0.721. The summed E-state index contributed by atoms with van der Waals surface area (Å²) in [6.07, 6.45) is 2.19. The molecule has 0 saturated heterocycles. The van der Waals surface area contributed by atoms with Crippen LogP contribution in [0, 0.1) is 13.8 Å². The normalized spacial score (nSPS) is 13.5. The van der Waals surface area contributed by atoms with E-state index in [9.17, 15) is 8.42 Å². The van der Waals surface area contributed by atoms with Crippen molar-refractivity contribution in [2.45, 2.75) is 65.3 Å². The van der Waals surface area contributed by atoms with Gasteiger partial charge in [0, 0.05) is 19.1 Å². The number of rotatable bonds is 13. The third-order valence-corrected chi connectivity index (χ3v) is 6.64. The third kappa shape index (κ3) is 9.45. The summed E-state index contributed by atoms with van der Waals surface area (Å²) in [6.45, 7) is 16.9. The molecule has 0 heterocycles. The van der Waals surface area contributed by atoms with Crippen molar-refractivity contribution in [1.82, 2.24) is 20.3 Å². The topological polar surface area (TPSA) is 85.8 Å². The number of guanidine groups is 1. The summed E-state index contributed by atoms with van der Waals surface area (Å²) >= 11 is 0. The maximum atomic E-state index is 12.6. The Morgan fingerprint density at radius 2 is 1.87 bits per heavy atom. The van der Waals surface area contributed by atoms with Crippen molar-refractivity contribution in [1.29, 1.82) is 0 Å². The van der Waals surface area contributed by atoms with Gasteiger partial charge in [-0.3, -0.25) is 4.99 Å². The number of benzene rings is 1. The van der Waals surface area contributed by atoms with Crippen molar-refractivity contribution in [2.24, 2.45) is 4.99 Å². The van der Waals surface area contributed by atoms with E-state index in [1.807, 2.05) is 26.0 Å². The molecular formula is C22H41N5O2S. The highest BCUT2D eigenvalue weighted by molar-refractivity contribution is 7.89. The van der Waals surface area contributed by atoms with Crippen LogP contribution >= 0.6 is 0 Å². The Balaban J connectivity index is 2.55. The van der Waals surface area contributed by atoms with Gasteiger partial charge in [-0.05, 0) is 77.4 Å². The number of sulfonamides is 1. The molecule has 0 aliphatic rings. The second-order valence-electron chi connectivity index (χ2n) is 7.64. The molecule has 0 aromatic heterocycles. The zero-order valence-electron chi connectivity index (χ0n) is 19.6. The molecule has 30 heavy (non-hydrogen) atoms. The summed E-state index contributed by atoms with van der Waals surface area (Å²) in [5, 5.41) is 6.65. The average molecular weight is 440 g/mol. The van der Waals surface area contributed by atoms with Crippen molar-refractivity contribution in [3.8, 4) is 0 Å². The first-order valence-electron chi connectivity index (χ1n) is 11.1. The molecule has 0 bridgehead atoms. The summed E-state index contributed by atoms with van der Waals surface area (Å²) in [7, 11) is -3.54. The molecule has 0 aliphatic carbocycles. The maximum Gasteiger partial charge on any atom is 0.240 e. The predicted octanol–water partition coefficient (Wildman–Crippen LogP) is 2.65. The minimum atomic E-state index is -3.54. The van der Waals surface area contributed by atoms with Gasteiger partial charge in [0.15, 0.2) is 5.96 Å². The number of hydrogen-bond donors (Lipinski definition) is 3. The largest absolute Gasteiger partial charge is 0.357 e. The average Bonchev–Trinajstić information content (AvgIpc) is 2.70. The van der Waals surface area contributed by atoms with Gasteiger partial charge in [0.1, 0.15) is 0 Å². The van der Waals surface area contributed by atoms with E-state index < -0.39 is 10.0 Å². The Labute approximate surface area is 183 Å². The first-order valence-corrected chi connectivity index (χ1v) is 12.6. The first-order chi connectivity index (χ1) is 14.2. The van der Waals surface area contributed by atoms with Crippen LogP contribution in [0.2, 0.25) is 0 Å². The highest BCUT2D eigenvalue weighted by Gasteiger charge is 2.16. The second kappa shape index (κ2) is 13.6. The number of hydrogen-bond acceptors (Lipinski definition) is 4. The number of aliphatic imine (C=N–C) groups is 1. The molecule has 0 saturated carbocycles. The van der Waals surface area contributed by atoms with Crippen molar-refractivity contribution in [3.05, 3.63) is 29.3 Å². The molecule has 7 nitrogen and oxygen atoms in total. The minimum Gasteiger partial charge on any atom is -0.357 e. The Morgan fingerprint density at radius 3 is 2.50 bits per heavy atom. The van der Waals surface area contributed by atoms with Crippen LogP contribution in [0.1, 0.15) is 51.7 Å². The van der Waals surface area contributed by atoms with Crippen LogP contribution in [0.15, 0.2) is 28.1 Å². The summed E-state index contributed by atoms with van der Waals surface area (Å²) in [5.41, 5.74) is 1.66. The van der Waals surface area contributed by atoms with Crippen LogP contribution in [0.25, 0.3) is 0 Å². The summed E-state index contributed by atoms with van der Waals surface area (Å²) in [4.78, 5) is 7.28. The Hall–Kier alpha value is -1.64. The maximum absolute atomic E-state index is 12.6. The smallest absolute Gasteiger partial charge is 0.240 e. The van der Waals surface area contributed by atoms with E-state index >= 15 is 0 Å². The fourth-order valence-electron chi connectivity index (χ4n) is 3.21. The zero-order valence-corrected chi connectivity index (χ0v) is 20.4. The van der Waals surface area contributed by atoms with Crippen molar-refractivity contribution in [2.75, 3.05) is 39.3 Å². The van der Waals surface area contributed by atoms with Crippen LogP contribution < -0.4 is 15.4 Å². The molecule has 1 rings (SSSR count). The molecule has 1 aromatic carbocycles. The lowest BCUT2D eigenvalue weighted by atomic mass is 10.2. The van der Waals surface area contributed by atoms with Gasteiger partial charge in [0.2, 0.25) is 10.0 Å². The highest BCUT2D eigenvalue weighted by Crippen LogP contribution is 2.16. The van der Waals surface area contributed by atoms with Gasteiger partial charge >= 0.3 is 0 Å². The van der Waals surface area contributed by atoms with Gasteiger partial charge in [0.25, 0.3) is 0 Å². The molecule has 3 N–H and O–H groups in total. The van der Waals surface area contributed by atoms with E-state index in [1.165, 1.54) is 0 Å². The van der Waals surface area contributed by atoms with Gasteiger partial charge in [-0.15, -0.1) is 0 Å².